The number of rotatable bonds is 5. The minimum atomic E-state index is -0.721. The van der Waals surface area contributed by atoms with Crippen LogP contribution in [-0.2, 0) is 4.74 Å². The quantitative estimate of drug-likeness (QED) is 0.487. The lowest BCUT2D eigenvalue weighted by molar-refractivity contribution is 0.165. The fourth-order valence-corrected chi connectivity index (χ4v) is 2.68. The monoisotopic (exact) mass is 342 g/mol. The van der Waals surface area contributed by atoms with Crippen LogP contribution in [0.15, 0.2) is 71.9 Å². The van der Waals surface area contributed by atoms with Gasteiger partial charge in [0.15, 0.2) is 5.76 Å². The molecule has 0 spiro atoms. The summed E-state index contributed by atoms with van der Waals surface area (Å²) in [5.41, 5.74) is 2.90. The molecule has 25 heavy (non-hydrogen) atoms. The Balaban J connectivity index is 2.17. The van der Waals surface area contributed by atoms with Crippen molar-refractivity contribution < 1.29 is 14.9 Å². The second-order valence-electron chi connectivity index (χ2n) is 5.97. The van der Waals surface area contributed by atoms with Gasteiger partial charge in [-0.25, -0.2) is 0 Å². The molecule has 0 saturated heterocycles. The Kier molecular flexibility index (Phi) is 6.86. The van der Waals surface area contributed by atoms with Crippen LogP contribution in [0.1, 0.15) is 25.5 Å². The minimum Gasteiger partial charge on any atom is -0.505 e. The molecule has 0 fully saturated rings. The number of aromatic nitrogens is 1. The summed E-state index contributed by atoms with van der Waals surface area (Å²) >= 11 is 0. The fraction of sp³-hybridized carbons (Fsp3) is 0.300. The second-order valence-corrected chi connectivity index (χ2v) is 5.97. The molecule has 2 rings (SSSR count). The van der Waals surface area contributed by atoms with Crippen molar-refractivity contribution in [2.24, 2.45) is 0 Å². The number of aliphatic hydroxyl groups excluding tert-OH is 2. The topological polar surface area (TPSA) is 77.5 Å². The zero-order valence-electron chi connectivity index (χ0n) is 14.7. The van der Waals surface area contributed by atoms with Crippen molar-refractivity contribution in [2.75, 3.05) is 7.11 Å². The highest BCUT2D eigenvalue weighted by Gasteiger charge is 2.14. The van der Waals surface area contributed by atoms with Gasteiger partial charge in [0.2, 0.25) is 0 Å². The summed E-state index contributed by atoms with van der Waals surface area (Å²) in [7, 11) is 1.50. The fourth-order valence-electron chi connectivity index (χ4n) is 2.68. The van der Waals surface area contributed by atoms with Gasteiger partial charge >= 0.3 is 0 Å². The summed E-state index contributed by atoms with van der Waals surface area (Å²) in [4.78, 5) is 3.12. The van der Waals surface area contributed by atoms with Crippen molar-refractivity contribution in [2.45, 2.75) is 32.0 Å². The Bertz CT molecular complexity index is 697. The molecule has 4 N–H and O–H groups in total. The molecule has 2 atom stereocenters. The Labute approximate surface area is 148 Å². The van der Waals surface area contributed by atoms with Crippen LogP contribution in [0.4, 0.5) is 0 Å². The number of aliphatic hydroxyl groups is 2. The Morgan fingerprint density at radius 3 is 2.92 bits per heavy atom. The van der Waals surface area contributed by atoms with Gasteiger partial charge in [0.05, 0.1) is 7.11 Å². The molecule has 134 valence electrons. The van der Waals surface area contributed by atoms with Gasteiger partial charge < -0.3 is 19.9 Å². The normalized spacial score (nSPS) is 23.6. The molecule has 5 nitrogen and oxygen atoms in total. The van der Waals surface area contributed by atoms with Crippen LogP contribution in [0, 0.1) is 0 Å². The van der Waals surface area contributed by atoms with E-state index in [0.29, 0.717) is 18.6 Å². The van der Waals surface area contributed by atoms with Crippen molar-refractivity contribution >= 4 is 6.08 Å². The number of ether oxygens (including phenoxy) is 1. The van der Waals surface area contributed by atoms with Crippen LogP contribution in [0.5, 0.6) is 0 Å². The first-order valence-corrected chi connectivity index (χ1v) is 8.27. The molecule has 0 bridgehead atoms. The number of hydrogen-bond acceptors (Lipinski definition) is 4. The van der Waals surface area contributed by atoms with Gasteiger partial charge in [0.1, 0.15) is 12.0 Å². The summed E-state index contributed by atoms with van der Waals surface area (Å²) in [6.45, 7) is 5.46. The van der Waals surface area contributed by atoms with Crippen molar-refractivity contribution in [3.8, 4) is 0 Å². The van der Waals surface area contributed by atoms with E-state index in [9.17, 15) is 10.2 Å². The van der Waals surface area contributed by atoms with E-state index in [-0.39, 0.29) is 11.8 Å². The van der Waals surface area contributed by atoms with Gasteiger partial charge in [0.25, 0.3) is 0 Å². The van der Waals surface area contributed by atoms with Crippen LogP contribution in [-0.4, -0.2) is 34.6 Å². The first kappa shape index (κ1) is 18.8. The number of H-pyrrole nitrogens is 1. The number of hydrogen-bond donors (Lipinski definition) is 4. The van der Waals surface area contributed by atoms with E-state index in [4.69, 9.17) is 4.74 Å². The number of aromatic amines is 1. The molecule has 1 aromatic rings. The summed E-state index contributed by atoms with van der Waals surface area (Å²) < 4.78 is 5.10. The van der Waals surface area contributed by atoms with Crippen molar-refractivity contribution in [1.29, 1.82) is 0 Å². The standard InChI is InChI=1S/C20H26N2O3/c1-14-12-16(9-10-19(25-3)15(2)23)6-4-7-17(20(24)22-14)13-18-8-5-11-21-18/h4-6,8,10-14,20-24H,2,7,9H2,1,3H3/b6-4?,16-12?,17-13-,19-10+. The molecule has 0 amide bonds. The van der Waals surface area contributed by atoms with Crippen LogP contribution < -0.4 is 5.32 Å². The molecular formula is C20H26N2O3. The maximum atomic E-state index is 10.5. The smallest absolute Gasteiger partial charge is 0.156 e. The molecule has 0 saturated carbocycles. The first-order chi connectivity index (χ1) is 12.0. The van der Waals surface area contributed by atoms with Gasteiger partial charge in [-0.3, -0.25) is 5.32 Å². The second kappa shape index (κ2) is 9.11. The number of methoxy groups -OCH3 is 1. The average molecular weight is 342 g/mol. The first-order valence-electron chi connectivity index (χ1n) is 8.27. The summed E-state index contributed by atoms with van der Waals surface area (Å²) in [5.74, 6) is 0.273. The van der Waals surface area contributed by atoms with Crippen LogP contribution in [0.25, 0.3) is 6.08 Å². The molecule has 2 unspecified atom stereocenters. The van der Waals surface area contributed by atoms with Crippen molar-refractivity contribution in [3.05, 3.63) is 77.6 Å². The van der Waals surface area contributed by atoms with E-state index < -0.39 is 6.23 Å². The van der Waals surface area contributed by atoms with Gasteiger partial charge in [0, 0.05) is 17.9 Å². The molecule has 1 aromatic heterocycles. The lowest BCUT2D eigenvalue weighted by Gasteiger charge is -2.18. The van der Waals surface area contributed by atoms with Crippen molar-refractivity contribution in [3.63, 3.8) is 0 Å². The predicted molar refractivity (Wildman–Crippen MR) is 101 cm³/mol. The van der Waals surface area contributed by atoms with Gasteiger partial charge in [-0.05, 0) is 55.2 Å². The SMILES string of the molecule is C=C(O)/C(=C\CC1=CC(C)NC(O)/C(=C\c2ccc[nH]2)CC=C1)OC. The maximum Gasteiger partial charge on any atom is 0.156 e. The summed E-state index contributed by atoms with van der Waals surface area (Å²) in [5, 5.41) is 23.1. The highest BCUT2D eigenvalue weighted by molar-refractivity contribution is 5.51. The third-order valence-corrected chi connectivity index (χ3v) is 3.91. The highest BCUT2D eigenvalue weighted by Crippen LogP contribution is 2.18. The maximum absolute atomic E-state index is 10.5. The zero-order chi connectivity index (χ0) is 18.2. The Morgan fingerprint density at radius 2 is 2.28 bits per heavy atom. The summed E-state index contributed by atoms with van der Waals surface area (Å²) in [6, 6.07) is 3.87. The highest BCUT2D eigenvalue weighted by atomic mass is 16.5. The molecule has 1 aliphatic rings. The van der Waals surface area contributed by atoms with Gasteiger partial charge in [-0.15, -0.1) is 0 Å². The Morgan fingerprint density at radius 1 is 1.48 bits per heavy atom. The lowest BCUT2D eigenvalue weighted by Crippen LogP contribution is -2.36. The van der Waals surface area contributed by atoms with E-state index in [1.54, 1.807) is 6.08 Å². The third-order valence-electron chi connectivity index (χ3n) is 3.91. The third kappa shape index (κ3) is 5.81. The van der Waals surface area contributed by atoms with E-state index in [0.717, 1.165) is 16.8 Å². The molecule has 1 aliphatic heterocycles. The summed E-state index contributed by atoms with van der Waals surface area (Å²) in [6.07, 6.45) is 12.2. The van der Waals surface area contributed by atoms with Gasteiger partial charge in [-0.2, -0.15) is 0 Å². The van der Waals surface area contributed by atoms with E-state index in [1.165, 1.54) is 7.11 Å². The number of allylic oxidation sites excluding steroid dienone is 4. The van der Waals surface area contributed by atoms with Crippen LogP contribution in [0.2, 0.25) is 0 Å². The van der Waals surface area contributed by atoms with E-state index in [2.05, 4.69) is 16.9 Å². The zero-order valence-corrected chi connectivity index (χ0v) is 14.7. The molecular weight excluding hydrogens is 316 g/mol. The largest absolute Gasteiger partial charge is 0.505 e. The van der Waals surface area contributed by atoms with E-state index >= 15 is 0 Å². The average Bonchev–Trinajstić information content (AvgIpc) is 3.07. The van der Waals surface area contributed by atoms with Crippen LogP contribution in [0.3, 0.4) is 0 Å². The van der Waals surface area contributed by atoms with Gasteiger partial charge in [-0.1, -0.05) is 24.8 Å². The molecule has 5 heteroatoms. The minimum absolute atomic E-state index is 0.0171. The number of nitrogens with one attached hydrogen (secondary N) is 2. The molecule has 0 radical (unpaired) electrons. The predicted octanol–water partition coefficient (Wildman–Crippen LogP) is 3.57. The molecule has 2 heterocycles. The molecule has 0 aliphatic carbocycles. The lowest BCUT2D eigenvalue weighted by atomic mass is 10.1. The Hall–Kier alpha value is -2.50. The van der Waals surface area contributed by atoms with Crippen LogP contribution >= 0.6 is 0 Å². The van der Waals surface area contributed by atoms with E-state index in [1.807, 2.05) is 49.6 Å². The van der Waals surface area contributed by atoms with Crippen molar-refractivity contribution in [1.82, 2.24) is 10.3 Å². The molecule has 0 aromatic carbocycles.